The molecule has 1 saturated carbocycles. The Morgan fingerprint density at radius 1 is 1.30 bits per heavy atom. The lowest BCUT2D eigenvalue weighted by atomic mass is 9.81. The van der Waals surface area contributed by atoms with Gasteiger partial charge in [0.05, 0.1) is 18.5 Å². The van der Waals surface area contributed by atoms with Crippen LogP contribution < -0.4 is 5.84 Å². The SMILES string of the molecule is COC1CCC(C2C=C(n3ccnc3)C=CN2N)CC1. The molecule has 0 bridgehead atoms. The topological polar surface area (TPSA) is 56.3 Å². The molecule has 0 aromatic carbocycles. The standard InChI is InChI=1S/C15H22N4O/c1-20-14-4-2-12(3-5-14)15-10-13(6-8-19(15)16)18-9-7-17-11-18/h6-12,14-15H,2-5,16H2,1H3. The van der Waals surface area contributed by atoms with Gasteiger partial charge in [-0.15, -0.1) is 0 Å². The van der Waals surface area contributed by atoms with Crippen LogP contribution in [0, 0.1) is 5.92 Å². The van der Waals surface area contributed by atoms with E-state index in [0.29, 0.717) is 12.0 Å². The third-order valence-corrected chi connectivity index (χ3v) is 4.44. The van der Waals surface area contributed by atoms with Crippen LogP contribution in [0.3, 0.4) is 0 Å². The average Bonchev–Trinajstić information content (AvgIpc) is 3.02. The maximum absolute atomic E-state index is 6.14. The summed E-state index contributed by atoms with van der Waals surface area (Å²) in [6, 6.07) is 0.259. The van der Waals surface area contributed by atoms with E-state index in [1.807, 2.05) is 34.4 Å². The Hall–Kier alpha value is -1.59. The minimum Gasteiger partial charge on any atom is -0.381 e. The smallest absolute Gasteiger partial charge is 0.0991 e. The molecule has 3 rings (SSSR count). The summed E-state index contributed by atoms with van der Waals surface area (Å²) < 4.78 is 7.47. The highest BCUT2D eigenvalue weighted by Crippen LogP contribution is 2.32. The Bertz CT molecular complexity index is 486. The quantitative estimate of drug-likeness (QED) is 0.857. The molecular weight excluding hydrogens is 252 g/mol. The lowest BCUT2D eigenvalue weighted by Crippen LogP contribution is -2.43. The van der Waals surface area contributed by atoms with Crippen molar-refractivity contribution in [1.82, 2.24) is 14.6 Å². The molecule has 5 nitrogen and oxygen atoms in total. The summed E-state index contributed by atoms with van der Waals surface area (Å²) in [7, 11) is 1.81. The van der Waals surface area contributed by atoms with Crippen LogP contribution in [-0.2, 0) is 4.74 Å². The van der Waals surface area contributed by atoms with Gasteiger partial charge in [-0.25, -0.2) is 10.8 Å². The molecule has 1 unspecified atom stereocenters. The number of ether oxygens (including phenoxy) is 1. The largest absolute Gasteiger partial charge is 0.381 e. The summed E-state index contributed by atoms with van der Waals surface area (Å²) in [5.74, 6) is 6.73. The molecule has 1 aromatic rings. The molecule has 2 aliphatic rings. The molecule has 1 fully saturated rings. The van der Waals surface area contributed by atoms with Crippen LogP contribution in [0.15, 0.2) is 37.1 Å². The molecule has 0 amide bonds. The Morgan fingerprint density at radius 2 is 2.10 bits per heavy atom. The van der Waals surface area contributed by atoms with E-state index in [4.69, 9.17) is 10.6 Å². The Labute approximate surface area is 119 Å². The van der Waals surface area contributed by atoms with Gasteiger partial charge in [-0.3, -0.25) is 0 Å². The van der Waals surface area contributed by atoms with Crippen molar-refractivity contribution in [3.05, 3.63) is 37.1 Å². The number of nitrogens with zero attached hydrogens (tertiary/aromatic N) is 3. The van der Waals surface area contributed by atoms with E-state index in [2.05, 4.69) is 11.1 Å². The number of allylic oxidation sites excluding steroid dienone is 2. The van der Waals surface area contributed by atoms with E-state index < -0.39 is 0 Å². The predicted octanol–water partition coefficient (Wildman–Crippen LogP) is 2.00. The molecule has 2 N–H and O–H groups in total. The Balaban J connectivity index is 1.73. The highest BCUT2D eigenvalue weighted by Gasteiger charge is 2.30. The normalized spacial score (nSPS) is 30.4. The van der Waals surface area contributed by atoms with E-state index in [-0.39, 0.29) is 6.04 Å². The van der Waals surface area contributed by atoms with Crippen LogP contribution in [0.5, 0.6) is 0 Å². The molecule has 0 saturated heterocycles. The number of hydrogen-bond acceptors (Lipinski definition) is 4. The van der Waals surface area contributed by atoms with Gasteiger partial charge >= 0.3 is 0 Å². The van der Waals surface area contributed by atoms with Crippen molar-refractivity contribution in [2.45, 2.75) is 37.8 Å². The highest BCUT2D eigenvalue weighted by atomic mass is 16.5. The van der Waals surface area contributed by atoms with Gasteiger partial charge in [-0.05, 0) is 43.8 Å². The van der Waals surface area contributed by atoms with Crippen LogP contribution >= 0.6 is 0 Å². The number of rotatable bonds is 3. The summed E-state index contributed by atoms with van der Waals surface area (Å²) >= 11 is 0. The number of hydrogen-bond donors (Lipinski definition) is 1. The van der Waals surface area contributed by atoms with E-state index in [1.54, 1.807) is 13.3 Å². The molecule has 2 heterocycles. The number of imidazole rings is 1. The summed E-state index contributed by atoms with van der Waals surface area (Å²) in [4.78, 5) is 4.10. The minimum absolute atomic E-state index is 0.259. The van der Waals surface area contributed by atoms with Gasteiger partial charge in [0.1, 0.15) is 0 Å². The van der Waals surface area contributed by atoms with Crippen LogP contribution in [-0.4, -0.2) is 33.8 Å². The molecule has 20 heavy (non-hydrogen) atoms. The van der Waals surface area contributed by atoms with Crippen molar-refractivity contribution in [3.63, 3.8) is 0 Å². The summed E-state index contributed by atoms with van der Waals surface area (Å²) in [5, 5.41) is 1.83. The first-order valence-electron chi connectivity index (χ1n) is 7.22. The van der Waals surface area contributed by atoms with Crippen molar-refractivity contribution < 1.29 is 4.74 Å². The summed E-state index contributed by atoms with van der Waals surface area (Å²) in [6.07, 6.45) is 16.8. The fourth-order valence-electron chi connectivity index (χ4n) is 3.21. The van der Waals surface area contributed by atoms with Crippen molar-refractivity contribution in [1.29, 1.82) is 0 Å². The van der Waals surface area contributed by atoms with Crippen LogP contribution in [0.25, 0.3) is 5.70 Å². The Morgan fingerprint density at radius 3 is 2.75 bits per heavy atom. The maximum atomic E-state index is 6.14. The van der Waals surface area contributed by atoms with Crippen molar-refractivity contribution >= 4 is 5.70 Å². The first-order valence-corrected chi connectivity index (χ1v) is 7.22. The van der Waals surface area contributed by atoms with Gasteiger partial charge in [0.25, 0.3) is 0 Å². The number of aromatic nitrogens is 2. The lowest BCUT2D eigenvalue weighted by Gasteiger charge is -2.37. The third kappa shape index (κ3) is 2.64. The van der Waals surface area contributed by atoms with Gasteiger partial charge in [0.15, 0.2) is 0 Å². The van der Waals surface area contributed by atoms with Crippen LogP contribution in [0.2, 0.25) is 0 Å². The second kappa shape index (κ2) is 5.81. The van der Waals surface area contributed by atoms with Crippen LogP contribution in [0.1, 0.15) is 25.7 Å². The molecule has 108 valence electrons. The average molecular weight is 274 g/mol. The highest BCUT2D eigenvalue weighted by molar-refractivity contribution is 5.59. The van der Waals surface area contributed by atoms with E-state index >= 15 is 0 Å². The van der Waals surface area contributed by atoms with Crippen molar-refractivity contribution in [2.24, 2.45) is 11.8 Å². The van der Waals surface area contributed by atoms with Crippen molar-refractivity contribution in [2.75, 3.05) is 7.11 Å². The molecule has 1 aromatic heterocycles. The minimum atomic E-state index is 0.259. The van der Waals surface area contributed by atoms with Gasteiger partial charge in [-0.1, -0.05) is 0 Å². The first kappa shape index (κ1) is 13.4. The number of hydrazine groups is 1. The molecule has 0 radical (unpaired) electrons. The van der Waals surface area contributed by atoms with Crippen LogP contribution in [0.4, 0.5) is 0 Å². The van der Waals surface area contributed by atoms with E-state index in [9.17, 15) is 0 Å². The fraction of sp³-hybridized carbons (Fsp3) is 0.533. The molecular formula is C15H22N4O. The van der Waals surface area contributed by atoms with E-state index in [1.165, 1.54) is 12.8 Å². The predicted molar refractivity (Wildman–Crippen MR) is 78.2 cm³/mol. The number of methoxy groups -OCH3 is 1. The lowest BCUT2D eigenvalue weighted by molar-refractivity contribution is 0.0455. The Kier molecular flexibility index (Phi) is 3.89. The van der Waals surface area contributed by atoms with E-state index in [0.717, 1.165) is 18.5 Å². The fourth-order valence-corrected chi connectivity index (χ4v) is 3.21. The zero-order valence-corrected chi connectivity index (χ0v) is 11.9. The molecule has 1 atom stereocenters. The monoisotopic (exact) mass is 274 g/mol. The van der Waals surface area contributed by atoms with Gasteiger partial charge in [-0.2, -0.15) is 0 Å². The third-order valence-electron chi connectivity index (χ3n) is 4.44. The summed E-state index contributed by atoms with van der Waals surface area (Å²) in [6.45, 7) is 0. The van der Waals surface area contributed by atoms with Gasteiger partial charge < -0.3 is 14.3 Å². The zero-order chi connectivity index (χ0) is 13.9. The number of nitrogens with two attached hydrogens (primary N) is 1. The van der Waals surface area contributed by atoms with Gasteiger partial charge in [0, 0.05) is 31.4 Å². The molecule has 0 spiro atoms. The second-order valence-corrected chi connectivity index (χ2v) is 5.59. The first-order chi connectivity index (χ1) is 9.78. The van der Waals surface area contributed by atoms with Crippen molar-refractivity contribution in [3.8, 4) is 0 Å². The molecule has 1 aliphatic carbocycles. The molecule has 5 heteroatoms. The zero-order valence-electron chi connectivity index (χ0n) is 11.9. The van der Waals surface area contributed by atoms with Gasteiger partial charge in [0.2, 0.25) is 0 Å². The maximum Gasteiger partial charge on any atom is 0.0991 e. The second-order valence-electron chi connectivity index (χ2n) is 5.59. The molecule has 1 aliphatic heterocycles. The summed E-state index contributed by atoms with van der Waals surface area (Å²) in [5.41, 5.74) is 1.14.